The predicted octanol–water partition coefficient (Wildman–Crippen LogP) is 0.669. The Hall–Kier alpha value is 0.518. The van der Waals surface area contributed by atoms with E-state index in [2.05, 4.69) is 28.8 Å². The quantitative estimate of drug-likeness (QED) is 0.486. The first-order valence-electron chi connectivity index (χ1n) is 3.15. The van der Waals surface area contributed by atoms with Crippen molar-refractivity contribution < 1.29 is 0 Å². The van der Waals surface area contributed by atoms with Crippen LogP contribution < -0.4 is 0 Å². The third-order valence-corrected chi connectivity index (χ3v) is 2.48. The minimum atomic E-state index is 0.876. The average molecular weight is 173 g/mol. The summed E-state index contributed by atoms with van der Waals surface area (Å²) in [7, 11) is 2.19. The van der Waals surface area contributed by atoms with E-state index >= 15 is 0 Å². The van der Waals surface area contributed by atoms with Crippen LogP contribution in [-0.2, 0) is 0 Å². The summed E-state index contributed by atoms with van der Waals surface area (Å²) in [6, 6.07) is 0. The molecule has 1 atom stereocenters. The van der Waals surface area contributed by atoms with Gasteiger partial charge in [0.1, 0.15) is 0 Å². The second kappa shape index (κ2) is 2.89. The molecule has 0 N–H and O–H groups in total. The topological polar surface area (TPSA) is 3.24 Å². The van der Waals surface area contributed by atoms with E-state index in [9.17, 15) is 0 Å². The van der Waals surface area contributed by atoms with Crippen molar-refractivity contribution in [3.63, 3.8) is 0 Å². The molecule has 0 amide bonds. The maximum atomic E-state index is 2.75. The molecule has 46 valence electrons. The molecule has 2 heteroatoms. The zero-order valence-corrected chi connectivity index (χ0v) is 7.18. The molecular formula is C6H12AsN. The summed E-state index contributed by atoms with van der Waals surface area (Å²) in [4.78, 5) is 2.40. The van der Waals surface area contributed by atoms with Gasteiger partial charge in [0, 0.05) is 0 Å². The maximum absolute atomic E-state index is 2.75. The van der Waals surface area contributed by atoms with Gasteiger partial charge in [-0.05, 0) is 0 Å². The molecule has 1 saturated heterocycles. The molecule has 0 aromatic heterocycles. The van der Waals surface area contributed by atoms with E-state index in [0.29, 0.717) is 0 Å². The summed E-state index contributed by atoms with van der Waals surface area (Å²) < 4.78 is 0.876. The Balaban J connectivity index is 2.23. The van der Waals surface area contributed by atoms with Crippen molar-refractivity contribution in [3.8, 4) is 0 Å². The van der Waals surface area contributed by atoms with Crippen molar-refractivity contribution in [1.82, 2.24) is 4.90 Å². The third-order valence-electron chi connectivity index (χ3n) is 1.60. The normalized spacial score (nSPS) is 33.0. The fourth-order valence-corrected chi connectivity index (χ4v) is 2.11. The Bertz CT molecular complexity index is 66.9. The number of nitrogens with zero attached hydrogens (tertiary/aromatic N) is 1. The average Bonchev–Trinajstić information content (AvgIpc) is 1.64. The molecule has 1 fully saturated rings. The second-order valence-electron chi connectivity index (χ2n) is 2.56. The Morgan fingerprint density at radius 1 is 1.62 bits per heavy atom. The van der Waals surface area contributed by atoms with E-state index in [1.165, 1.54) is 25.9 Å². The third kappa shape index (κ3) is 1.79. The molecular weight excluding hydrogens is 161 g/mol. The molecule has 1 heterocycles. The molecule has 1 unspecified atom stereocenters. The van der Waals surface area contributed by atoms with Gasteiger partial charge in [0.2, 0.25) is 0 Å². The molecule has 0 aromatic rings. The van der Waals surface area contributed by atoms with Crippen LogP contribution in [0.4, 0.5) is 0 Å². The molecule has 1 rings (SSSR count). The number of piperidine rings is 1. The number of hydrogen-bond acceptors (Lipinski definition) is 1. The first-order chi connectivity index (χ1) is 3.79. The van der Waals surface area contributed by atoms with E-state index in [0.717, 1.165) is 4.71 Å². The van der Waals surface area contributed by atoms with Crippen molar-refractivity contribution in [2.24, 2.45) is 0 Å². The summed E-state index contributed by atoms with van der Waals surface area (Å²) in [6.07, 6.45) is 2.79. The standard InChI is InChI=1S/C6H12AsN/c1-8-4-2-3-6(7)5-8/h6H,2-5H2,1H3. The van der Waals surface area contributed by atoms with Gasteiger partial charge in [0.05, 0.1) is 0 Å². The van der Waals surface area contributed by atoms with Gasteiger partial charge in [-0.2, -0.15) is 0 Å². The van der Waals surface area contributed by atoms with Gasteiger partial charge in [-0.1, -0.05) is 0 Å². The summed E-state index contributed by atoms with van der Waals surface area (Å²) in [5.41, 5.74) is 0. The summed E-state index contributed by atoms with van der Waals surface area (Å²) >= 11 is 2.75. The van der Waals surface area contributed by atoms with Crippen molar-refractivity contribution in [3.05, 3.63) is 0 Å². The van der Waals surface area contributed by atoms with Crippen LogP contribution in [0.3, 0.4) is 0 Å². The fraction of sp³-hybridized carbons (Fsp3) is 1.00. The van der Waals surface area contributed by atoms with Crippen LogP contribution in [0.5, 0.6) is 0 Å². The first kappa shape index (κ1) is 6.64. The predicted molar refractivity (Wildman–Crippen MR) is 36.2 cm³/mol. The van der Waals surface area contributed by atoms with Gasteiger partial charge < -0.3 is 0 Å². The van der Waals surface area contributed by atoms with E-state index in [1.54, 1.807) is 0 Å². The molecule has 8 heavy (non-hydrogen) atoms. The molecule has 1 aliphatic rings. The van der Waals surface area contributed by atoms with Gasteiger partial charge in [-0.3, -0.25) is 0 Å². The van der Waals surface area contributed by atoms with E-state index < -0.39 is 0 Å². The zero-order valence-electron chi connectivity index (χ0n) is 5.30. The molecule has 1 nitrogen and oxygen atoms in total. The second-order valence-corrected chi connectivity index (χ2v) is 4.09. The van der Waals surface area contributed by atoms with Crippen LogP contribution >= 0.6 is 0 Å². The van der Waals surface area contributed by atoms with E-state index in [-0.39, 0.29) is 0 Å². The molecule has 0 spiro atoms. The molecule has 0 bridgehead atoms. The Kier molecular flexibility index (Phi) is 2.40. The van der Waals surface area contributed by atoms with Crippen LogP contribution in [0.2, 0.25) is 4.71 Å². The first-order valence-corrected chi connectivity index (χ1v) is 4.24. The molecule has 0 saturated carbocycles. The van der Waals surface area contributed by atoms with Crippen molar-refractivity contribution >= 4 is 16.9 Å². The molecule has 0 aliphatic carbocycles. The van der Waals surface area contributed by atoms with Gasteiger partial charge in [0.25, 0.3) is 0 Å². The van der Waals surface area contributed by atoms with Gasteiger partial charge >= 0.3 is 59.4 Å². The summed E-state index contributed by atoms with van der Waals surface area (Å²) in [6.45, 7) is 2.58. The fourth-order valence-electron chi connectivity index (χ4n) is 1.14. The van der Waals surface area contributed by atoms with Crippen LogP contribution in [0, 0.1) is 0 Å². The Labute approximate surface area is 59.9 Å². The van der Waals surface area contributed by atoms with E-state index in [1.807, 2.05) is 0 Å². The number of likely N-dealkylation sites (tertiary alicyclic amines) is 1. The minimum absolute atomic E-state index is 0.876. The van der Waals surface area contributed by atoms with Gasteiger partial charge in [-0.25, -0.2) is 0 Å². The summed E-state index contributed by atoms with van der Waals surface area (Å²) in [5, 5.41) is 0. The monoisotopic (exact) mass is 173 g/mol. The SMILES string of the molecule is CN1CCCC([As])C1. The van der Waals surface area contributed by atoms with Crippen molar-refractivity contribution in [2.75, 3.05) is 20.1 Å². The van der Waals surface area contributed by atoms with Crippen LogP contribution in [0.25, 0.3) is 0 Å². The van der Waals surface area contributed by atoms with Crippen molar-refractivity contribution in [1.29, 1.82) is 0 Å². The van der Waals surface area contributed by atoms with Gasteiger partial charge in [-0.15, -0.1) is 0 Å². The number of hydrogen-bond donors (Lipinski definition) is 0. The number of rotatable bonds is 0. The Morgan fingerprint density at radius 2 is 2.38 bits per heavy atom. The molecule has 2 radical (unpaired) electrons. The zero-order chi connectivity index (χ0) is 5.98. The Morgan fingerprint density at radius 3 is 2.75 bits per heavy atom. The van der Waals surface area contributed by atoms with Crippen LogP contribution in [-0.4, -0.2) is 41.9 Å². The van der Waals surface area contributed by atoms with Crippen molar-refractivity contribution in [2.45, 2.75) is 17.5 Å². The molecule has 0 aromatic carbocycles. The van der Waals surface area contributed by atoms with Crippen LogP contribution in [0.1, 0.15) is 12.8 Å². The van der Waals surface area contributed by atoms with Gasteiger partial charge in [0.15, 0.2) is 0 Å². The summed E-state index contributed by atoms with van der Waals surface area (Å²) in [5.74, 6) is 0. The molecule has 1 aliphatic heterocycles. The van der Waals surface area contributed by atoms with E-state index in [4.69, 9.17) is 0 Å². The van der Waals surface area contributed by atoms with Crippen LogP contribution in [0.15, 0.2) is 0 Å².